The van der Waals surface area contributed by atoms with Gasteiger partial charge in [-0.2, -0.15) is 5.10 Å². The number of carbonyl (C=O) groups excluding carboxylic acids is 2. The second-order valence-electron chi connectivity index (χ2n) is 6.21. The number of aromatic nitrogens is 2. The van der Waals surface area contributed by atoms with Crippen molar-refractivity contribution >= 4 is 11.8 Å². The molecule has 126 valence electrons. The molecular weight excluding hydrogens is 304 g/mol. The van der Waals surface area contributed by atoms with Crippen LogP contribution in [0.15, 0.2) is 30.5 Å². The van der Waals surface area contributed by atoms with Crippen LogP contribution in [0, 0.1) is 13.8 Å². The Balaban J connectivity index is 1.80. The lowest BCUT2D eigenvalue weighted by molar-refractivity contribution is -0.122. The Kier molecular flexibility index (Phi) is 4.64. The summed E-state index contributed by atoms with van der Waals surface area (Å²) in [5, 5.41) is 10.0. The van der Waals surface area contributed by atoms with Crippen LogP contribution in [0.4, 0.5) is 0 Å². The molecule has 0 aliphatic carbocycles. The smallest absolute Gasteiger partial charge is 0.255 e. The Morgan fingerprint density at radius 2 is 2.17 bits per heavy atom. The first kappa shape index (κ1) is 16.2. The summed E-state index contributed by atoms with van der Waals surface area (Å²) in [5.74, 6) is -0.363. The monoisotopic (exact) mass is 326 g/mol. The molecule has 1 aliphatic rings. The minimum Gasteiger partial charge on any atom is -0.354 e. The van der Waals surface area contributed by atoms with E-state index in [2.05, 4.69) is 15.7 Å². The molecular formula is C18H22N4O2. The van der Waals surface area contributed by atoms with Crippen molar-refractivity contribution < 1.29 is 9.59 Å². The van der Waals surface area contributed by atoms with Crippen LogP contribution in [0.3, 0.4) is 0 Å². The first-order valence-corrected chi connectivity index (χ1v) is 8.26. The molecule has 24 heavy (non-hydrogen) atoms. The Hall–Kier alpha value is -2.63. The number of rotatable bonds is 3. The quantitative estimate of drug-likeness (QED) is 0.904. The largest absolute Gasteiger partial charge is 0.354 e. The molecule has 0 radical (unpaired) electrons. The molecule has 0 bridgehead atoms. The fourth-order valence-corrected chi connectivity index (χ4v) is 2.97. The zero-order valence-electron chi connectivity index (χ0n) is 14.0. The first-order chi connectivity index (χ1) is 11.6. The third-order valence-electron chi connectivity index (χ3n) is 4.34. The first-order valence-electron chi connectivity index (χ1n) is 8.26. The van der Waals surface area contributed by atoms with Crippen LogP contribution < -0.4 is 10.6 Å². The average molecular weight is 326 g/mol. The average Bonchev–Trinajstić information content (AvgIpc) is 2.83. The molecule has 6 nitrogen and oxygen atoms in total. The standard InChI is InChI=1S/C18H22N4O2/c1-12-6-5-7-14(10-12)22-13(2)15(11-20-22)17(23)21-16-8-3-4-9-19-18(16)24/h5-7,10-11,16H,3-4,8-9H2,1-2H3,(H,19,24)(H,21,23)/t16-/m0/s1. The molecule has 1 atom stereocenters. The van der Waals surface area contributed by atoms with Gasteiger partial charge in [0.2, 0.25) is 5.91 Å². The van der Waals surface area contributed by atoms with Gasteiger partial charge < -0.3 is 10.6 Å². The van der Waals surface area contributed by atoms with Crippen molar-refractivity contribution in [2.75, 3.05) is 6.54 Å². The highest BCUT2D eigenvalue weighted by Gasteiger charge is 2.24. The van der Waals surface area contributed by atoms with Gasteiger partial charge in [0.15, 0.2) is 0 Å². The molecule has 1 aromatic carbocycles. The Morgan fingerprint density at radius 3 is 2.96 bits per heavy atom. The van der Waals surface area contributed by atoms with Crippen LogP contribution in [0.1, 0.15) is 40.9 Å². The van der Waals surface area contributed by atoms with E-state index in [1.807, 2.05) is 38.1 Å². The van der Waals surface area contributed by atoms with E-state index in [0.29, 0.717) is 18.5 Å². The maximum absolute atomic E-state index is 12.6. The number of carbonyl (C=O) groups is 2. The predicted octanol–water partition coefficient (Wildman–Crippen LogP) is 1.89. The second-order valence-corrected chi connectivity index (χ2v) is 6.21. The summed E-state index contributed by atoms with van der Waals surface area (Å²) >= 11 is 0. The summed E-state index contributed by atoms with van der Waals surface area (Å²) in [6.45, 7) is 4.55. The summed E-state index contributed by atoms with van der Waals surface area (Å²) in [4.78, 5) is 24.5. The van der Waals surface area contributed by atoms with E-state index >= 15 is 0 Å². The van der Waals surface area contributed by atoms with Gasteiger partial charge in [-0.3, -0.25) is 9.59 Å². The summed E-state index contributed by atoms with van der Waals surface area (Å²) in [7, 11) is 0. The fourth-order valence-electron chi connectivity index (χ4n) is 2.97. The van der Waals surface area contributed by atoms with Gasteiger partial charge in [-0.15, -0.1) is 0 Å². The fraction of sp³-hybridized carbons (Fsp3) is 0.389. The number of aryl methyl sites for hydroxylation is 1. The van der Waals surface area contributed by atoms with E-state index in [1.54, 1.807) is 10.9 Å². The normalized spacial score (nSPS) is 17.9. The van der Waals surface area contributed by atoms with Gasteiger partial charge in [-0.1, -0.05) is 12.1 Å². The van der Waals surface area contributed by atoms with Crippen molar-refractivity contribution in [1.82, 2.24) is 20.4 Å². The van der Waals surface area contributed by atoms with Crippen molar-refractivity contribution in [2.24, 2.45) is 0 Å². The summed E-state index contributed by atoms with van der Waals surface area (Å²) < 4.78 is 1.75. The molecule has 3 rings (SSSR count). The maximum atomic E-state index is 12.6. The van der Waals surface area contributed by atoms with Crippen LogP contribution in [0.2, 0.25) is 0 Å². The van der Waals surface area contributed by atoms with Crippen LogP contribution in [0.25, 0.3) is 5.69 Å². The van der Waals surface area contributed by atoms with E-state index < -0.39 is 6.04 Å². The van der Waals surface area contributed by atoms with Crippen molar-refractivity contribution in [2.45, 2.75) is 39.2 Å². The highest BCUT2D eigenvalue weighted by atomic mass is 16.2. The molecule has 6 heteroatoms. The van der Waals surface area contributed by atoms with Gasteiger partial charge in [0, 0.05) is 6.54 Å². The number of benzene rings is 1. The van der Waals surface area contributed by atoms with Gasteiger partial charge in [-0.25, -0.2) is 4.68 Å². The van der Waals surface area contributed by atoms with Crippen LogP contribution in [-0.2, 0) is 4.79 Å². The lowest BCUT2D eigenvalue weighted by atomic mass is 10.1. The van der Waals surface area contributed by atoms with Crippen LogP contribution in [0.5, 0.6) is 0 Å². The Morgan fingerprint density at radius 1 is 1.33 bits per heavy atom. The molecule has 2 aromatic rings. The van der Waals surface area contributed by atoms with Crippen molar-refractivity contribution in [1.29, 1.82) is 0 Å². The number of nitrogens with one attached hydrogen (secondary N) is 2. The van der Waals surface area contributed by atoms with Crippen molar-refractivity contribution in [3.05, 3.63) is 47.3 Å². The van der Waals surface area contributed by atoms with Gasteiger partial charge in [0.25, 0.3) is 5.91 Å². The Labute approximate surface area is 141 Å². The zero-order valence-corrected chi connectivity index (χ0v) is 14.0. The molecule has 0 saturated carbocycles. The van der Waals surface area contributed by atoms with Gasteiger partial charge in [0.05, 0.1) is 23.1 Å². The summed E-state index contributed by atoms with van der Waals surface area (Å²) in [5.41, 5.74) is 3.29. The molecule has 1 fully saturated rings. The molecule has 2 amide bonds. The van der Waals surface area contributed by atoms with Gasteiger partial charge >= 0.3 is 0 Å². The SMILES string of the molecule is Cc1cccc(-n2ncc(C(=O)N[C@H]3CCCCNC3=O)c2C)c1. The minimum atomic E-state index is -0.471. The number of hydrogen-bond donors (Lipinski definition) is 2. The van der Waals surface area contributed by atoms with E-state index in [-0.39, 0.29) is 11.8 Å². The predicted molar refractivity (Wildman–Crippen MR) is 91.2 cm³/mol. The molecule has 1 saturated heterocycles. The number of nitrogens with zero attached hydrogens (tertiary/aromatic N) is 2. The third-order valence-corrected chi connectivity index (χ3v) is 4.34. The molecule has 2 N–H and O–H groups in total. The molecule has 2 heterocycles. The van der Waals surface area contributed by atoms with Gasteiger partial charge in [0.1, 0.15) is 6.04 Å². The molecule has 1 aliphatic heterocycles. The van der Waals surface area contributed by atoms with Crippen molar-refractivity contribution in [3.63, 3.8) is 0 Å². The van der Waals surface area contributed by atoms with E-state index in [9.17, 15) is 9.59 Å². The van der Waals surface area contributed by atoms with Crippen molar-refractivity contribution in [3.8, 4) is 5.69 Å². The topological polar surface area (TPSA) is 76.0 Å². The molecule has 1 aromatic heterocycles. The van der Waals surface area contributed by atoms with E-state index in [4.69, 9.17) is 0 Å². The van der Waals surface area contributed by atoms with Crippen LogP contribution in [-0.4, -0.2) is 34.2 Å². The summed E-state index contributed by atoms with van der Waals surface area (Å²) in [6.07, 6.45) is 4.10. The lowest BCUT2D eigenvalue weighted by Crippen LogP contribution is -2.45. The lowest BCUT2D eigenvalue weighted by Gasteiger charge is -2.15. The Bertz CT molecular complexity index is 766. The van der Waals surface area contributed by atoms with E-state index in [0.717, 1.165) is 29.8 Å². The highest BCUT2D eigenvalue weighted by Crippen LogP contribution is 2.16. The highest BCUT2D eigenvalue weighted by molar-refractivity contribution is 5.98. The molecule has 0 spiro atoms. The van der Waals surface area contributed by atoms with Gasteiger partial charge in [-0.05, 0) is 50.8 Å². The molecule has 0 unspecified atom stereocenters. The second kappa shape index (κ2) is 6.86. The summed E-state index contributed by atoms with van der Waals surface area (Å²) in [6, 6.07) is 7.47. The van der Waals surface area contributed by atoms with Crippen LogP contribution >= 0.6 is 0 Å². The number of hydrogen-bond acceptors (Lipinski definition) is 3. The third kappa shape index (κ3) is 3.32. The number of amides is 2. The minimum absolute atomic E-state index is 0.107. The van der Waals surface area contributed by atoms with E-state index in [1.165, 1.54) is 0 Å². The zero-order chi connectivity index (χ0) is 17.1. The maximum Gasteiger partial charge on any atom is 0.255 e.